The number of likely N-dealkylation sites (N-methyl/N-ethyl adjacent to an activating group) is 2. The van der Waals surface area contributed by atoms with Crippen molar-refractivity contribution >= 4 is 0 Å². The quantitative estimate of drug-likeness (QED) is 0.889. The zero-order valence-electron chi connectivity index (χ0n) is 12.7. The van der Waals surface area contributed by atoms with Crippen LogP contribution in [0.25, 0.3) is 0 Å². The van der Waals surface area contributed by atoms with Crippen molar-refractivity contribution in [1.29, 1.82) is 0 Å². The summed E-state index contributed by atoms with van der Waals surface area (Å²) in [5.41, 5.74) is 4.15. The van der Waals surface area contributed by atoms with E-state index in [9.17, 15) is 0 Å². The first-order chi connectivity index (χ1) is 9.06. The third kappa shape index (κ3) is 4.03. The van der Waals surface area contributed by atoms with Gasteiger partial charge in [0.05, 0.1) is 0 Å². The van der Waals surface area contributed by atoms with Gasteiger partial charge in [0.1, 0.15) is 0 Å². The molecule has 1 aliphatic rings. The molecule has 1 fully saturated rings. The molecule has 0 aromatic heterocycles. The zero-order chi connectivity index (χ0) is 13.8. The maximum Gasteiger partial charge on any atom is 0.0345 e. The number of nitrogens with one attached hydrogen (secondary N) is 1. The summed E-state index contributed by atoms with van der Waals surface area (Å²) in [6.45, 7) is 9.91. The Hall–Kier alpha value is -0.900. The van der Waals surface area contributed by atoms with E-state index in [1.54, 1.807) is 0 Å². The molecule has 1 atom stereocenters. The normalized spacial score (nSPS) is 21.8. The summed E-state index contributed by atoms with van der Waals surface area (Å²) >= 11 is 0. The van der Waals surface area contributed by atoms with E-state index in [2.05, 4.69) is 61.3 Å². The van der Waals surface area contributed by atoms with Gasteiger partial charge in [0.15, 0.2) is 0 Å². The molecular formula is C16H27N3. The van der Waals surface area contributed by atoms with Crippen molar-refractivity contribution in [1.82, 2.24) is 15.1 Å². The molecule has 19 heavy (non-hydrogen) atoms. The number of aryl methyl sites for hydroxylation is 2. The van der Waals surface area contributed by atoms with Crippen LogP contribution in [0.4, 0.5) is 0 Å². The third-order valence-corrected chi connectivity index (χ3v) is 4.18. The third-order valence-electron chi connectivity index (χ3n) is 4.18. The van der Waals surface area contributed by atoms with Crippen LogP contribution in [-0.4, -0.2) is 56.1 Å². The molecule has 106 valence electrons. The number of rotatable bonds is 4. The fourth-order valence-electron chi connectivity index (χ4n) is 2.69. The molecule has 0 bridgehead atoms. The molecule has 1 unspecified atom stereocenters. The van der Waals surface area contributed by atoms with Gasteiger partial charge in [0.2, 0.25) is 0 Å². The second-order valence-corrected chi connectivity index (χ2v) is 5.96. The highest BCUT2D eigenvalue weighted by atomic mass is 15.3. The SMILES string of the molecule is Cc1ccc(C)c(CNCC2CN(C)CCN2C)c1. The van der Waals surface area contributed by atoms with Gasteiger partial charge in [0, 0.05) is 38.8 Å². The highest BCUT2D eigenvalue weighted by Gasteiger charge is 2.21. The van der Waals surface area contributed by atoms with E-state index in [0.717, 1.165) is 19.6 Å². The lowest BCUT2D eigenvalue weighted by atomic mass is 10.1. The van der Waals surface area contributed by atoms with Crippen LogP contribution in [0.3, 0.4) is 0 Å². The van der Waals surface area contributed by atoms with Crippen LogP contribution in [0, 0.1) is 13.8 Å². The van der Waals surface area contributed by atoms with Crippen molar-refractivity contribution in [2.45, 2.75) is 26.4 Å². The van der Waals surface area contributed by atoms with Crippen LogP contribution in [0.2, 0.25) is 0 Å². The van der Waals surface area contributed by atoms with Crippen molar-refractivity contribution in [3.8, 4) is 0 Å². The van der Waals surface area contributed by atoms with E-state index in [4.69, 9.17) is 0 Å². The van der Waals surface area contributed by atoms with Gasteiger partial charge in [-0.15, -0.1) is 0 Å². The summed E-state index contributed by atoms with van der Waals surface area (Å²) in [6, 6.07) is 7.32. The van der Waals surface area contributed by atoms with Crippen molar-refractivity contribution < 1.29 is 0 Å². The first-order valence-corrected chi connectivity index (χ1v) is 7.22. The minimum atomic E-state index is 0.629. The Morgan fingerprint density at radius 2 is 2.00 bits per heavy atom. The van der Waals surface area contributed by atoms with E-state index in [1.165, 1.54) is 29.8 Å². The first kappa shape index (κ1) is 14.5. The Kier molecular flexibility index (Phi) is 4.97. The van der Waals surface area contributed by atoms with Crippen LogP contribution >= 0.6 is 0 Å². The summed E-state index contributed by atoms with van der Waals surface area (Å²) in [6.07, 6.45) is 0. The van der Waals surface area contributed by atoms with Gasteiger partial charge in [-0.25, -0.2) is 0 Å². The van der Waals surface area contributed by atoms with Crippen molar-refractivity contribution in [2.75, 3.05) is 40.3 Å². The molecule has 1 saturated heterocycles. The lowest BCUT2D eigenvalue weighted by Gasteiger charge is -2.37. The van der Waals surface area contributed by atoms with Gasteiger partial charge in [0.25, 0.3) is 0 Å². The van der Waals surface area contributed by atoms with Crippen LogP contribution < -0.4 is 5.32 Å². The summed E-state index contributed by atoms with van der Waals surface area (Å²) in [5.74, 6) is 0. The molecule has 0 amide bonds. The lowest BCUT2D eigenvalue weighted by Crippen LogP contribution is -2.53. The van der Waals surface area contributed by atoms with E-state index >= 15 is 0 Å². The smallest absolute Gasteiger partial charge is 0.0345 e. The van der Waals surface area contributed by atoms with Gasteiger partial charge >= 0.3 is 0 Å². The predicted molar refractivity (Wildman–Crippen MR) is 81.5 cm³/mol. The maximum absolute atomic E-state index is 3.62. The van der Waals surface area contributed by atoms with Crippen LogP contribution in [0.5, 0.6) is 0 Å². The number of hydrogen-bond donors (Lipinski definition) is 1. The zero-order valence-corrected chi connectivity index (χ0v) is 12.7. The monoisotopic (exact) mass is 261 g/mol. The Labute approximate surface area is 117 Å². The molecule has 0 spiro atoms. The average molecular weight is 261 g/mol. The molecule has 3 nitrogen and oxygen atoms in total. The first-order valence-electron chi connectivity index (χ1n) is 7.22. The largest absolute Gasteiger partial charge is 0.311 e. The molecule has 0 radical (unpaired) electrons. The van der Waals surface area contributed by atoms with E-state index in [1.807, 2.05) is 0 Å². The number of nitrogens with zero attached hydrogens (tertiary/aromatic N) is 2. The Balaban J connectivity index is 1.84. The number of piperazine rings is 1. The van der Waals surface area contributed by atoms with Crippen LogP contribution in [0.1, 0.15) is 16.7 Å². The second kappa shape index (κ2) is 6.51. The molecule has 2 rings (SSSR count). The lowest BCUT2D eigenvalue weighted by molar-refractivity contribution is 0.113. The Morgan fingerprint density at radius 1 is 1.21 bits per heavy atom. The van der Waals surface area contributed by atoms with Crippen LogP contribution in [0.15, 0.2) is 18.2 Å². The molecule has 1 aromatic rings. The van der Waals surface area contributed by atoms with Gasteiger partial charge in [-0.1, -0.05) is 23.8 Å². The summed E-state index contributed by atoms with van der Waals surface area (Å²) in [5, 5.41) is 3.62. The summed E-state index contributed by atoms with van der Waals surface area (Å²) in [4.78, 5) is 4.89. The van der Waals surface area contributed by atoms with Crippen molar-refractivity contribution in [3.05, 3.63) is 34.9 Å². The summed E-state index contributed by atoms with van der Waals surface area (Å²) < 4.78 is 0. The van der Waals surface area contributed by atoms with Gasteiger partial charge < -0.3 is 10.2 Å². The second-order valence-electron chi connectivity index (χ2n) is 5.96. The fraction of sp³-hybridized carbons (Fsp3) is 0.625. The molecule has 0 saturated carbocycles. The van der Waals surface area contributed by atoms with Gasteiger partial charge in [-0.2, -0.15) is 0 Å². The minimum absolute atomic E-state index is 0.629. The molecule has 3 heteroatoms. The number of hydrogen-bond acceptors (Lipinski definition) is 3. The van der Waals surface area contributed by atoms with Crippen molar-refractivity contribution in [3.63, 3.8) is 0 Å². The highest BCUT2D eigenvalue weighted by Crippen LogP contribution is 2.11. The maximum atomic E-state index is 3.62. The van der Waals surface area contributed by atoms with Gasteiger partial charge in [-0.3, -0.25) is 4.90 Å². The molecule has 1 aliphatic heterocycles. The molecule has 1 N–H and O–H groups in total. The minimum Gasteiger partial charge on any atom is -0.311 e. The highest BCUT2D eigenvalue weighted by molar-refractivity contribution is 5.30. The molecule has 1 heterocycles. The Morgan fingerprint density at radius 3 is 2.79 bits per heavy atom. The average Bonchev–Trinajstić information content (AvgIpc) is 2.38. The topological polar surface area (TPSA) is 18.5 Å². The van der Waals surface area contributed by atoms with E-state index < -0.39 is 0 Å². The molecule has 0 aliphatic carbocycles. The number of benzene rings is 1. The molecular weight excluding hydrogens is 234 g/mol. The van der Waals surface area contributed by atoms with Crippen molar-refractivity contribution in [2.24, 2.45) is 0 Å². The standard InChI is InChI=1S/C16H27N3/c1-13-5-6-14(2)15(9-13)10-17-11-16-12-18(3)7-8-19(16)4/h5-6,9,16-17H,7-8,10-12H2,1-4H3. The Bertz CT molecular complexity index is 416. The van der Waals surface area contributed by atoms with E-state index in [0.29, 0.717) is 6.04 Å². The van der Waals surface area contributed by atoms with E-state index in [-0.39, 0.29) is 0 Å². The summed E-state index contributed by atoms with van der Waals surface area (Å²) in [7, 11) is 4.45. The predicted octanol–water partition coefficient (Wildman–Crippen LogP) is 1.64. The van der Waals surface area contributed by atoms with Crippen LogP contribution in [-0.2, 0) is 6.54 Å². The van der Waals surface area contributed by atoms with Gasteiger partial charge in [-0.05, 0) is 39.1 Å². The fourth-order valence-corrected chi connectivity index (χ4v) is 2.69. The molecule has 1 aromatic carbocycles.